The minimum atomic E-state index is 0.560. The van der Waals surface area contributed by atoms with Crippen LogP contribution >= 0.6 is 15.9 Å². The van der Waals surface area contributed by atoms with Crippen LogP contribution in [0, 0.1) is 0 Å². The zero-order valence-electron chi connectivity index (χ0n) is 10.3. The number of benzene rings is 1. The van der Waals surface area contributed by atoms with Crippen LogP contribution in [0.25, 0.3) is 10.9 Å². The number of pyridine rings is 1. The third kappa shape index (κ3) is 2.54. The summed E-state index contributed by atoms with van der Waals surface area (Å²) in [4.78, 5) is 12.7. The van der Waals surface area contributed by atoms with E-state index >= 15 is 0 Å². The van der Waals surface area contributed by atoms with Crippen molar-refractivity contribution in [1.29, 1.82) is 0 Å². The van der Waals surface area contributed by atoms with Gasteiger partial charge in [0.25, 0.3) is 0 Å². The molecule has 0 atom stereocenters. The molecule has 0 fully saturated rings. The van der Waals surface area contributed by atoms with E-state index < -0.39 is 0 Å². The topological polar surface area (TPSA) is 88.8 Å². The van der Waals surface area contributed by atoms with Gasteiger partial charge >= 0.3 is 0 Å². The summed E-state index contributed by atoms with van der Waals surface area (Å²) in [5, 5.41) is 4.08. The van der Waals surface area contributed by atoms with E-state index in [1.54, 1.807) is 12.3 Å². The van der Waals surface area contributed by atoms with E-state index in [2.05, 4.69) is 41.6 Å². The molecule has 2 heterocycles. The Bertz CT molecular complexity index is 761. The van der Waals surface area contributed by atoms with Crippen LogP contribution in [0.4, 0.5) is 17.3 Å². The van der Waals surface area contributed by atoms with Crippen LogP contribution in [0.5, 0.6) is 0 Å². The number of rotatable bonds is 3. The minimum Gasteiger partial charge on any atom is -0.340 e. The molecule has 7 heteroatoms. The molecule has 6 nitrogen and oxygen atoms in total. The molecule has 0 aliphatic rings. The molecule has 1 aromatic carbocycles. The van der Waals surface area contributed by atoms with Gasteiger partial charge in [0.1, 0.15) is 18.0 Å². The molecule has 0 bridgehead atoms. The number of hydrogen-bond donors (Lipinski definition) is 3. The van der Waals surface area contributed by atoms with Crippen molar-refractivity contribution in [1.82, 2.24) is 15.0 Å². The summed E-state index contributed by atoms with van der Waals surface area (Å²) in [7, 11) is 0. The molecule has 3 aromatic rings. The summed E-state index contributed by atoms with van der Waals surface area (Å²) in [5.41, 5.74) is 4.19. The molecule has 0 saturated carbocycles. The summed E-state index contributed by atoms with van der Waals surface area (Å²) in [6.45, 7) is 0. The van der Waals surface area contributed by atoms with Gasteiger partial charge in [-0.05, 0) is 18.2 Å². The molecular formula is C13H11BrN6. The quantitative estimate of drug-likeness (QED) is 0.505. The third-order valence-corrected chi connectivity index (χ3v) is 3.25. The van der Waals surface area contributed by atoms with Gasteiger partial charge in [-0.1, -0.05) is 22.0 Å². The first-order valence-corrected chi connectivity index (χ1v) is 6.65. The van der Waals surface area contributed by atoms with Gasteiger partial charge in [0.2, 0.25) is 0 Å². The Labute approximate surface area is 123 Å². The normalized spacial score (nSPS) is 10.5. The van der Waals surface area contributed by atoms with E-state index in [0.29, 0.717) is 11.6 Å². The highest BCUT2D eigenvalue weighted by Crippen LogP contribution is 2.24. The molecule has 100 valence electrons. The summed E-state index contributed by atoms with van der Waals surface area (Å²) < 4.78 is 0.994. The largest absolute Gasteiger partial charge is 0.340 e. The number of fused-ring (bicyclic) bond motifs is 1. The number of nitrogens with two attached hydrogens (primary N) is 1. The molecule has 0 aliphatic heterocycles. The fourth-order valence-corrected chi connectivity index (χ4v) is 2.23. The molecule has 0 amide bonds. The first-order valence-electron chi connectivity index (χ1n) is 5.86. The number of nitrogen functional groups attached to an aromatic ring is 1. The molecule has 20 heavy (non-hydrogen) atoms. The molecular weight excluding hydrogens is 320 g/mol. The highest BCUT2D eigenvalue weighted by atomic mass is 79.9. The van der Waals surface area contributed by atoms with Crippen LogP contribution in [0.15, 0.2) is 47.3 Å². The fourth-order valence-electron chi connectivity index (χ4n) is 1.83. The summed E-state index contributed by atoms with van der Waals surface area (Å²) in [5.74, 6) is 6.60. The van der Waals surface area contributed by atoms with Crippen LogP contribution in [0.1, 0.15) is 0 Å². The predicted octanol–water partition coefficient (Wildman–Crippen LogP) is 2.82. The Morgan fingerprint density at radius 2 is 2.00 bits per heavy atom. The zero-order chi connectivity index (χ0) is 13.9. The second kappa shape index (κ2) is 5.40. The monoisotopic (exact) mass is 330 g/mol. The first-order chi connectivity index (χ1) is 9.76. The Balaban J connectivity index is 2.03. The molecule has 4 N–H and O–H groups in total. The second-order valence-corrected chi connectivity index (χ2v) is 5.00. The average Bonchev–Trinajstić information content (AvgIpc) is 2.47. The van der Waals surface area contributed by atoms with Gasteiger partial charge < -0.3 is 10.7 Å². The average molecular weight is 331 g/mol. The minimum absolute atomic E-state index is 0.560. The maximum Gasteiger partial charge on any atom is 0.143 e. The van der Waals surface area contributed by atoms with Crippen molar-refractivity contribution in [3.63, 3.8) is 0 Å². The van der Waals surface area contributed by atoms with Crippen LogP contribution in [0.2, 0.25) is 0 Å². The van der Waals surface area contributed by atoms with Crippen molar-refractivity contribution in [2.75, 3.05) is 10.7 Å². The first kappa shape index (κ1) is 12.8. The maximum atomic E-state index is 5.34. The van der Waals surface area contributed by atoms with Crippen molar-refractivity contribution in [2.45, 2.75) is 0 Å². The van der Waals surface area contributed by atoms with Gasteiger partial charge in [-0.3, -0.25) is 0 Å². The number of hydrazine groups is 1. The van der Waals surface area contributed by atoms with E-state index in [-0.39, 0.29) is 0 Å². The molecule has 2 aromatic heterocycles. The number of nitrogens with zero attached hydrogens (tertiary/aromatic N) is 3. The van der Waals surface area contributed by atoms with Crippen LogP contribution in [0.3, 0.4) is 0 Å². The standard InChI is InChI=1S/C13H11BrN6/c14-8-2-1-3-9(4-8)19-13-10-6-16-12(20-15)5-11(10)17-7-18-13/h1-7H,15H2,(H,16,20)(H,17,18,19). The zero-order valence-corrected chi connectivity index (χ0v) is 11.9. The van der Waals surface area contributed by atoms with E-state index in [0.717, 1.165) is 21.1 Å². The third-order valence-electron chi connectivity index (χ3n) is 2.76. The van der Waals surface area contributed by atoms with Crippen LogP contribution in [-0.4, -0.2) is 15.0 Å². The van der Waals surface area contributed by atoms with Gasteiger partial charge in [-0.25, -0.2) is 20.8 Å². The highest BCUT2D eigenvalue weighted by Gasteiger charge is 2.06. The van der Waals surface area contributed by atoms with Crippen molar-refractivity contribution >= 4 is 44.2 Å². The Morgan fingerprint density at radius 3 is 2.80 bits per heavy atom. The summed E-state index contributed by atoms with van der Waals surface area (Å²) in [6, 6.07) is 9.61. The lowest BCUT2D eigenvalue weighted by molar-refractivity contribution is 1.19. The number of nitrogens with one attached hydrogen (secondary N) is 2. The van der Waals surface area contributed by atoms with Gasteiger partial charge in [-0.15, -0.1) is 0 Å². The molecule has 0 radical (unpaired) electrons. The molecule has 0 unspecified atom stereocenters. The number of anilines is 3. The summed E-state index contributed by atoms with van der Waals surface area (Å²) in [6.07, 6.45) is 3.19. The van der Waals surface area contributed by atoms with E-state index in [9.17, 15) is 0 Å². The Kier molecular flexibility index (Phi) is 3.44. The Hall–Kier alpha value is -2.25. The molecule has 0 aliphatic carbocycles. The lowest BCUT2D eigenvalue weighted by Gasteiger charge is -2.09. The van der Waals surface area contributed by atoms with E-state index in [4.69, 9.17) is 5.84 Å². The highest BCUT2D eigenvalue weighted by molar-refractivity contribution is 9.10. The fraction of sp³-hybridized carbons (Fsp3) is 0. The van der Waals surface area contributed by atoms with Crippen molar-refractivity contribution in [2.24, 2.45) is 5.84 Å². The lowest BCUT2D eigenvalue weighted by atomic mass is 10.2. The maximum absolute atomic E-state index is 5.34. The van der Waals surface area contributed by atoms with Crippen molar-refractivity contribution < 1.29 is 0 Å². The SMILES string of the molecule is NNc1cc2ncnc(Nc3cccc(Br)c3)c2cn1. The molecule has 0 spiro atoms. The van der Waals surface area contributed by atoms with E-state index in [1.165, 1.54) is 6.33 Å². The molecule has 0 saturated heterocycles. The van der Waals surface area contributed by atoms with Gasteiger partial charge in [0, 0.05) is 22.4 Å². The van der Waals surface area contributed by atoms with E-state index in [1.807, 2.05) is 24.3 Å². The number of aromatic nitrogens is 3. The van der Waals surface area contributed by atoms with Gasteiger partial charge in [-0.2, -0.15) is 0 Å². The van der Waals surface area contributed by atoms with Crippen LogP contribution < -0.4 is 16.6 Å². The van der Waals surface area contributed by atoms with Crippen molar-refractivity contribution in [3.8, 4) is 0 Å². The smallest absolute Gasteiger partial charge is 0.143 e. The Morgan fingerprint density at radius 1 is 1.10 bits per heavy atom. The predicted molar refractivity (Wildman–Crippen MR) is 82.6 cm³/mol. The lowest BCUT2D eigenvalue weighted by Crippen LogP contribution is -2.08. The number of hydrogen-bond acceptors (Lipinski definition) is 6. The summed E-state index contributed by atoms with van der Waals surface area (Å²) >= 11 is 3.44. The molecule has 3 rings (SSSR count). The van der Waals surface area contributed by atoms with Gasteiger partial charge in [0.05, 0.1) is 10.9 Å². The second-order valence-electron chi connectivity index (χ2n) is 4.09. The van der Waals surface area contributed by atoms with Crippen LogP contribution in [-0.2, 0) is 0 Å². The van der Waals surface area contributed by atoms with Crippen molar-refractivity contribution in [3.05, 3.63) is 47.3 Å². The van der Waals surface area contributed by atoms with Gasteiger partial charge in [0.15, 0.2) is 0 Å². The number of halogens is 1.